The van der Waals surface area contributed by atoms with Crippen LogP contribution in [0.5, 0.6) is 5.75 Å². The van der Waals surface area contributed by atoms with Crippen LogP contribution in [0.25, 0.3) is 0 Å². The molecule has 0 saturated carbocycles. The van der Waals surface area contributed by atoms with Crippen molar-refractivity contribution in [2.45, 2.75) is 13.0 Å². The zero-order chi connectivity index (χ0) is 18.4. The second-order valence-corrected chi connectivity index (χ2v) is 6.46. The second kappa shape index (κ2) is 8.70. The molecule has 0 aliphatic carbocycles. The molecule has 1 heterocycles. The number of aryl methyl sites for hydroxylation is 1. The molecule has 1 aliphatic rings. The maximum Gasteiger partial charge on any atom is 0.120 e. The Bertz CT molecular complexity index is 768. The van der Waals surface area contributed by atoms with Crippen molar-refractivity contribution in [3.63, 3.8) is 0 Å². The van der Waals surface area contributed by atoms with Crippen molar-refractivity contribution >= 4 is 5.69 Å². The molecular formula is C21H25N3O2. The van der Waals surface area contributed by atoms with Crippen molar-refractivity contribution in [1.29, 1.82) is 5.26 Å². The highest BCUT2D eigenvalue weighted by Gasteiger charge is 2.26. The molecule has 3 rings (SSSR count). The zero-order valence-electron chi connectivity index (χ0n) is 15.4. The molecule has 0 amide bonds. The lowest BCUT2D eigenvalue weighted by Gasteiger charge is -2.39. The van der Waals surface area contributed by atoms with Gasteiger partial charge < -0.3 is 19.7 Å². The maximum absolute atomic E-state index is 9.67. The molecule has 1 N–H and O–H groups in total. The predicted octanol–water partition coefficient (Wildman–Crippen LogP) is 3.04. The van der Waals surface area contributed by atoms with Crippen LogP contribution < -0.4 is 15.0 Å². The number of nitrogens with zero attached hydrogens (tertiary/aromatic N) is 2. The van der Waals surface area contributed by atoms with Gasteiger partial charge in [0, 0.05) is 26.7 Å². The van der Waals surface area contributed by atoms with Crippen LogP contribution in [0.3, 0.4) is 0 Å². The second-order valence-electron chi connectivity index (χ2n) is 6.46. The van der Waals surface area contributed by atoms with E-state index in [1.807, 2.05) is 18.2 Å². The van der Waals surface area contributed by atoms with Crippen LogP contribution in [0.1, 0.15) is 22.7 Å². The Morgan fingerprint density at radius 3 is 2.73 bits per heavy atom. The molecule has 1 saturated heterocycles. The summed E-state index contributed by atoms with van der Waals surface area (Å²) in [5, 5.41) is 13.1. The molecule has 0 bridgehead atoms. The summed E-state index contributed by atoms with van der Waals surface area (Å²) < 4.78 is 10.7. The number of anilines is 1. The molecule has 26 heavy (non-hydrogen) atoms. The number of nitrogens with one attached hydrogen (secondary N) is 1. The summed E-state index contributed by atoms with van der Waals surface area (Å²) in [5.74, 6) is 0.698. The van der Waals surface area contributed by atoms with Crippen molar-refractivity contribution in [1.82, 2.24) is 5.32 Å². The van der Waals surface area contributed by atoms with Gasteiger partial charge >= 0.3 is 0 Å². The van der Waals surface area contributed by atoms with E-state index in [9.17, 15) is 5.26 Å². The van der Waals surface area contributed by atoms with Crippen LogP contribution >= 0.6 is 0 Å². The van der Waals surface area contributed by atoms with Crippen molar-refractivity contribution < 1.29 is 9.47 Å². The predicted molar refractivity (Wildman–Crippen MR) is 103 cm³/mol. The van der Waals surface area contributed by atoms with Crippen LogP contribution in [-0.2, 0) is 4.74 Å². The Kier molecular flexibility index (Phi) is 6.11. The lowest BCUT2D eigenvalue weighted by Crippen LogP contribution is -2.46. The molecule has 1 aliphatic heterocycles. The van der Waals surface area contributed by atoms with Crippen molar-refractivity contribution in [3.05, 3.63) is 59.2 Å². The Hall–Kier alpha value is -2.55. The van der Waals surface area contributed by atoms with Gasteiger partial charge in [-0.05, 0) is 30.7 Å². The van der Waals surface area contributed by atoms with E-state index in [4.69, 9.17) is 9.47 Å². The fourth-order valence-corrected chi connectivity index (χ4v) is 3.27. The zero-order valence-corrected chi connectivity index (χ0v) is 15.4. The summed E-state index contributed by atoms with van der Waals surface area (Å²) >= 11 is 0. The van der Waals surface area contributed by atoms with Gasteiger partial charge in [-0.25, -0.2) is 0 Å². The number of nitriles is 1. The largest absolute Gasteiger partial charge is 0.491 e. The number of ether oxygens (including phenoxy) is 2. The first-order valence-corrected chi connectivity index (χ1v) is 8.92. The lowest BCUT2D eigenvalue weighted by molar-refractivity contribution is 0.146. The summed E-state index contributed by atoms with van der Waals surface area (Å²) in [7, 11) is 1.64. The van der Waals surface area contributed by atoms with E-state index >= 15 is 0 Å². The standard InChI is InChI=1S/C21H25N3O2/c1-16-3-5-17(6-4-16)21-15-23-9-10-24(21)20-8-7-19(13-18(20)14-22)26-12-11-25-2/h3-8,13,21,23H,9-12,15H2,1-2H3. The van der Waals surface area contributed by atoms with Gasteiger partial charge in [-0.1, -0.05) is 29.8 Å². The van der Waals surface area contributed by atoms with Crippen LogP contribution in [0, 0.1) is 18.3 Å². The number of benzene rings is 2. The van der Waals surface area contributed by atoms with E-state index in [-0.39, 0.29) is 6.04 Å². The minimum Gasteiger partial charge on any atom is -0.491 e. The Balaban J connectivity index is 1.87. The summed E-state index contributed by atoms with van der Waals surface area (Å²) in [6, 6.07) is 16.9. The summed E-state index contributed by atoms with van der Waals surface area (Å²) in [5.41, 5.74) is 4.10. The van der Waals surface area contributed by atoms with E-state index < -0.39 is 0 Å². The molecule has 5 nitrogen and oxygen atoms in total. The highest BCUT2D eigenvalue weighted by Crippen LogP contribution is 2.32. The monoisotopic (exact) mass is 351 g/mol. The fraction of sp³-hybridized carbons (Fsp3) is 0.381. The third-order valence-corrected chi connectivity index (χ3v) is 4.66. The number of hydrogen-bond donors (Lipinski definition) is 1. The molecule has 0 spiro atoms. The van der Waals surface area contributed by atoms with Crippen molar-refractivity contribution in [2.24, 2.45) is 0 Å². The SMILES string of the molecule is COCCOc1ccc(N2CCNCC2c2ccc(C)cc2)c(C#N)c1. The average Bonchev–Trinajstić information content (AvgIpc) is 2.69. The molecule has 1 unspecified atom stereocenters. The molecule has 136 valence electrons. The van der Waals surface area contributed by atoms with E-state index in [0.29, 0.717) is 24.5 Å². The van der Waals surface area contributed by atoms with E-state index in [1.54, 1.807) is 7.11 Å². The van der Waals surface area contributed by atoms with Gasteiger partial charge in [0.15, 0.2) is 0 Å². The Morgan fingerprint density at radius 1 is 1.19 bits per heavy atom. The average molecular weight is 351 g/mol. The highest BCUT2D eigenvalue weighted by molar-refractivity contribution is 5.63. The first kappa shape index (κ1) is 18.2. The summed E-state index contributed by atoms with van der Waals surface area (Å²) in [4.78, 5) is 2.32. The van der Waals surface area contributed by atoms with E-state index in [1.165, 1.54) is 11.1 Å². The minimum absolute atomic E-state index is 0.205. The third kappa shape index (κ3) is 4.16. The number of hydrogen-bond acceptors (Lipinski definition) is 5. The van der Waals surface area contributed by atoms with Gasteiger partial charge in [-0.2, -0.15) is 5.26 Å². The number of piperazine rings is 1. The Labute approximate surface area is 155 Å². The van der Waals surface area contributed by atoms with Crippen molar-refractivity contribution in [2.75, 3.05) is 44.9 Å². The Morgan fingerprint density at radius 2 is 2.00 bits per heavy atom. The van der Waals surface area contributed by atoms with Crippen molar-refractivity contribution in [3.8, 4) is 11.8 Å². The van der Waals surface area contributed by atoms with E-state index in [2.05, 4.69) is 47.5 Å². The van der Waals surface area contributed by atoms with Crippen LogP contribution in [0.2, 0.25) is 0 Å². The minimum atomic E-state index is 0.205. The molecule has 5 heteroatoms. The molecule has 1 fully saturated rings. The molecular weight excluding hydrogens is 326 g/mol. The number of rotatable bonds is 6. The smallest absolute Gasteiger partial charge is 0.120 e. The van der Waals surface area contributed by atoms with E-state index in [0.717, 1.165) is 25.3 Å². The molecule has 2 aromatic carbocycles. The highest BCUT2D eigenvalue weighted by atomic mass is 16.5. The van der Waals surface area contributed by atoms with Crippen LogP contribution in [-0.4, -0.2) is 40.0 Å². The first-order valence-electron chi connectivity index (χ1n) is 8.92. The van der Waals surface area contributed by atoms with Gasteiger partial charge in [-0.15, -0.1) is 0 Å². The van der Waals surface area contributed by atoms with Gasteiger partial charge in [-0.3, -0.25) is 0 Å². The van der Waals surface area contributed by atoms with Crippen LogP contribution in [0.15, 0.2) is 42.5 Å². The quantitative estimate of drug-likeness (QED) is 0.811. The summed E-state index contributed by atoms with van der Waals surface area (Å²) in [6.45, 7) is 5.71. The van der Waals surface area contributed by atoms with Gasteiger partial charge in [0.1, 0.15) is 18.4 Å². The van der Waals surface area contributed by atoms with Gasteiger partial charge in [0.2, 0.25) is 0 Å². The molecule has 0 aromatic heterocycles. The lowest BCUT2D eigenvalue weighted by atomic mass is 10.00. The number of methoxy groups -OCH3 is 1. The third-order valence-electron chi connectivity index (χ3n) is 4.66. The fourth-order valence-electron chi connectivity index (χ4n) is 3.27. The molecule has 1 atom stereocenters. The van der Waals surface area contributed by atoms with Gasteiger partial charge in [0.25, 0.3) is 0 Å². The van der Waals surface area contributed by atoms with Gasteiger partial charge in [0.05, 0.1) is 23.9 Å². The maximum atomic E-state index is 9.67. The molecule has 2 aromatic rings. The topological polar surface area (TPSA) is 57.5 Å². The normalized spacial score (nSPS) is 17.0. The summed E-state index contributed by atoms with van der Waals surface area (Å²) in [6.07, 6.45) is 0. The first-order chi connectivity index (χ1) is 12.7. The van der Waals surface area contributed by atoms with Crippen LogP contribution in [0.4, 0.5) is 5.69 Å². The molecule has 0 radical (unpaired) electrons.